The van der Waals surface area contributed by atoms with Crippen LogP contribution in [0.25, 0.3) is 22.3 Å². The van der Waals surface area contributed by atoms with Crippen LogP contribution in [0.3, 0.4) is 0 Å². The molecule has 0 saturated carbocycles. The van der Waals surface area contributed by atoms with Gasteiger partial charge in [-0.2, -0.15) is 19.9 Å². The predicted molar refractivity (Wildman–Crippen MR) is 355 cm³/mol. The summed E-state index contributed by atoms with van der Waals surface area (Å²) >= 11 is 0. The molecule has 0 fully saturated rings. The molecule has 90 heavy (non-hydrogen) atoms. The number of anilines is 6. The Bertz CT molecular complexity index is 3170. The molecule has 6 rings (SSSR count). The third kappa shape index (κ3) is 23.7. The van der Waals surface area contributed by atoms with Gasteiger partial charge in [0.1, 0.15) is 12.1 Å². The van der Waals surface area contributed by atoms with Crippen LogP contribution in [0.1, 0.15) is 96.3 Å². The van der Waals surface area contributed by atoms with E-state index in [-0.39, 0.29) is 74.2 Å². The number of benzene rings is 2. The molecule has 0 aliphatic rings. The molecule has 0 bridgehead atoms. The van der Waals surface area contributed by atoms with Crippen molar-refractivity contribution in [3.05, 3.63) is 83.4 Å². The summed E-state index contributed by atoms with van der Waals surface area (Å²) in [6, 6.07) is 13.3. The SMILES string of the molecule is CN(CCCCCNC(=O)CC[C@H](NC(=O)c1ccc(N(C)Cc2cnc3nc(N)nc(N)c3n2)cc1)C(=O)OCC[Si](C)(C)C)CCCCCNC(=O)CC[C@H](NC(=O)c1ccc(N(C)Cc2cnc3nc(N)nc(N)c3n2)cc1)C(=O)OCC[Si](C)(C)C. The van der Waals surface area contributed by atoms with E-state index >= 15 is 0 Å². The second-order valence-electron chi connectivity index (χ2n) is 25.0. The number of aromatic nitrogens is 8. The monoisotopic (exact) mass is 1270 g/mol. The molecular weight excluding hydrogens is 1180 g/mol. The second kappa shape index (κ2) is 33.8. The minimum Gasteiger partial charge on any atom is -0.464 e. The number of fused-ring (bicyclic) bond motifs is 2. The molecule has 29 heteroatoms. The summed E-state index contributed by atoms with van der Waals surface area (Å²) in [5.41, 5.74) is 28.2. The molecule has 0 radical (unpaired) electrons. The van der Waals surface area contributed by atoms with Crippen molar-refractivity contribution in [1.29, 1.82) is 0 Å². The highest BCUT2D eigenvalue weighted by molar-refractivity contribution is 6.76. The molecule has 4 amide bonds. The van der Waals surface area contributed by atoms with E-state index in [9.17, 15) is 28.8 Å². The Balaban J connectivity index is 0.850. The molecule has 0 saturated heterocycles. The second-order valence-corrected chi connectivity index (χ2v) is 36.3. The largest absolute Gasteiger partial charge is 0.464 e. The number of nitrogen functional groups attached to an aromatic ring is 4. The normalized spacial score (nSPS) is 12.3. The fourth-order valence-corrected chi connectivity index (χ4v) is 10.7. The van der Waals surface area contributed by atoms with Crippen LogP contribution in [0.4, 0.5) is 34.9 Å². The quantitative estimate of drug-likeness (QED) is 0.0137. The Hall–Kier alpha value is -8.71. The average molecular weight is 1270 g/mol. The van der Waals surface area contributed by atoms with Gasteiger partial charge in [-0.05, 0) is 119 Å². The van der Waals surface area contributed by atoms with Crippen LogP contribution in [0.2, 0.25) is 51.4 Å². The first-order valence-corrected chi connectivity index (χ1v) is 38.0. The van der Waals surface area contributed by atoms with Crippen molar-refractivity contribution in [2.75, 3.05) is 93.3 Å². The predicted octanol–water partition coefficient (Wildman–Crippen LogP) is 5.48. The first kappa shape index (κ1) is 70.4. The number of hydrogen-bond donors (Lipinski definition) is 8. The Morgan fingerprint density at radius 1 is 0.511 bits per heavy atom. The first-order chi connectivity index (χ1) is 42.7. The Kier molecular flexibility index (Phi) is 26.4. The summed E-state index contributed by atoms with van der Waals surface area (Å²) in [4.78, 5) is 120. The van der Waals surface area contributed by atoms with E-state index in [1.807, 2.05) is 23.9 Å². The van der Waals surface area contributed by atoms with Crippen LogP contribution in [0.5, 0.6) is 0 Å². The van der Waals surface area contributed by atoms with E-state index in [0.717, 1.165) is 75.1 Å². The number of esters is 2. The van der Waals surface area contributed by atoms with Gasteiger partial charge in [-0.25, -0.2) is 29.5 Å². The maximum absolute atomic E-state index is 13.5. The number of nitrogens with two attached hydrogens (primary N) is 4. The van der Waals surface area contributed by atoms with Crippen LogP contribution in [-0.2, 0) is 41.7 Å². The number of nitrogens with one attached hydrogen (secondary N) is 4. The molecule has 4 aromatic heterocycles. The van der Waals surface area contributed by atoms with E-state index in [2.05, 4.69) is 112 Å². The van der Waals surface area contributed by atoms with Crippen molar-refractivity contribution >= 4 is 109 Å². The molecule has 27 nitrogen and oxygen atoms in total. The minimum absolute atomic E-state index is 0.0148. The summed E-state index contributed by atoms with van der Waals surface area (Å²) in [6.45, 7) is 17.1. The Morgan fingerprint density at radius 2 is 0.889 bits per heavy atom. The molecule has 2 atom stereocenters. The van der Waals surface area contributed by atoms with Crippen molar-refractivity contribution in [3.8, 4) is 0 Å². The minimum atomic E-state index is -1.51. The summed E-state index contributed by atoms with van der Waals surface area (Å²) in [7, 11) is 2.80. The topological polar surface area (TPSA) is 386 Å². The molecular formula is C61H91N19O8Si2. The van der Waals surface area contributed by atoms with Gasteiger partial charge in [-0.3, -0.25) is 19.2 Å². The fourth-order valence-electron chi connectivity index (χ4n) is 9.28. The van der Waals surface area contributed by atoms with Gasteiger partial charge in [-0.15, -0.1) is 0 Å². The van der Waals surface area contributed by atoms with Gasteiger partial charge < -0.3 is 68.4 Å². The lowest BCUT2D eigenvalue weighted by Gasteiger charge is -2.21. The highest BCUT2D eigenvalue weighted by Gasteiger charge is 2.27. The molecule has 0 spiro atoms. The first-order valence-electron chi connectivity index (χ1n) is 30.6. The highest BCUT2D eigenvalue weighted by Crippen LogP contribution is 2.22. The van der Waals surface area contributed by atoms with Gasteiger partial charge in [0, 0.05) is 78.7 Å². The number of hydrogen-bond acceptors (Lipinski definition) is 23. The summed E-state index contributed by atoms with van der Waals surface area (Å²) in [5.74, 6) is -2.21. The van der Waals surface area contributed by atoms with Crippen LogP contribution >= 0.6 is 0 Å². The summed E-state index contributed by atoms with van der Waals surface area (Å²) < 4.78 is 11.3. The number of unbranched alkanes of at least 4 members (excludes halogenated alkanes) is 4. The third-order valence-electron chi connectivity index (χ3n) is 14.7. The van der Waals surface area contributed by atoms with Gasteiger partial charge in [0.2, 0.25) is 23.7 Å². The zero-order valence-electron chi connectivity index (χ0n) is 53.6. The van der Waals surface area contributed by atoms with Crippen molar-refractivity contribution in [1.82, 2.24) is 66.0 Å². The molecule has 2 aromatic carbocycles. The van der Waals surface area contributed by atoms with E-state index in [0.29, 0.717) is 71.0 Å². The number of carbonyl (C=O) groups excluding carboxylic acids is 6. The van der Waals surface area contributed by atoms with Crippen molar-refractivity contribution < 1.29 is 38.2 Å². The standard InChI is InChI=1S/C61H91N19O8Si2/c1-78(30-14-10-12-28-66-48(81)26-24-46(58(85)87-32-34-89(4,5)6)72-56(83)40-16-20-44(21-17-40)79(2)38-42-36-68-54-50(70-42)52(62)74-60(64)76-54)31-15-11-13-29-67-49(82)27-25-47(59(86)88-33-35-90(7,8)9)73-57(84)41-18-22-45(23-19-41)80(3)39-43-37-69-55-51(71-43)53(63)75-61(65)77-55/h16-23,36-37,46-47H,10-15,24-35,38-39H2,1-9H3,(H,66,81)(H,67,82)(H,72,83)(H,73,84)(H4,62,64,68,74,76)(H4,63,65,69,75,77)/t46-,47-/m0/s1. The number of nitrogens with zero attached hydrogens (tertiary/aromatic N) is 11. The van der Waals surface area contributed by atoms with Gasteiger partial charge in [0.25, 0.3) is 11.8 Å². The Morgan fingerprint density at radius 3 is 1.26 bits per heavy atom. The van der Waals surface area contributed by atoms with Crippen LogP contribution in [0.15, 0.2) is 60.9 Å². The number of rotatable bonds is 36. The van der Waals surface area contributed by atoms with Crippen LogP contribution in [0, 0.1) is 0 Å². The molecule has 4 heterocycles. The fraction of sp³-hybridized carbons (Fsp3) is 0.508. The maximum Gasteiger partial charge on any atom is 0.328 e. The van der Waals surface area contributed by atoms with E-state index in [1.54, 1.807) is 60.9 Å². The zero-order chi connectivity index (χ0) is 65.5. The molecule has 12 N–H and O–H groups in total. The lowest BCUT2D eigenvalue weighted by atomic mass is 10.1. The van der Waals surface area contributed by atoms with Crippen molar-refractivity contribution in [2.45, 2.75) is 141 Å². The molecule has 0 unspecified atom stereocenters. The van der Waals surface area contributed by atoms with E-state index in [1.165, 1.54) is 0 Å². The highest BCUT2D eigenvalue weighted by atomic mass is 28.3. The van der Waals surface area contributed by atoms with Gasteiger partial charge >= 0.3 is 11.9 Å². The van der Waals surface area contributed by atoms with Crippen LogP contribution in [-0.4, -0.2) is 169 Å². The number of ether oxygens (including phenoxy) is 2. The van der Waals surface area contributed by atoms with Gasteiger partial charge in [0.05, 0.1) is 50.1 Å². The van der Waals surface area contributed by atoms with E-state index in [4.69, 9.17) is 32.4 Å². The van der Waals surface area contributed by atoms with Gasteiger partial charge in [0.15, 0.2) is 34.0 Å². The van der Waals surface area contributed by atoms with E-state index < -0.39 is 52.0 Å². The number of amides is 4. The lowest BCUT2D eigenvalue weighted by molar-refractivity contribution is -0.146. The van der Waals surface area contributed by atoms with Crippen molar-refractivity contribution in [3.63, 3.8) is 0 Å². The summed E-state index contributed by atoms with van der Waals surface area (Å²) in [6.07, 6.45) is 8.67. The number of carbonyl (C=O) groups is 6. The molecule has 0 aliphatic heterocycles. The molecule has 486 valence electrons. The molecule has 6 aromatic rings. The zero-order valence-corrected chi connectivity index (χ0v) is 55.6. The lowest BCUT2D eigenvalue weighted by Crippen LogP contribution is -2.43. The smallest absolute Gasteiger partial charge is 0.328 e. The maximum atomic E-state index is 13.5. The van der Waals surface area contributed by atoms with Gasteiger partial charge in [-0.1, -0.05) is 52.1 Å². The Labute approximate surface area is 528 Å². The summed E-state index contributed by atoms with van der Waals surface area (Å²) in [5, 5.41) is 11.6. The van der Waals surface area contributed by atoms with Crippen molar-refractivity contribution in [2.24, 2.45) is 0 Å². The average Bonchev–Trinajstić information content (AvgIpc) is 1.08. The van der Waals surface area contributed by atoms with Crippen LogP contribution < -0.4 is 54.0 Å². The molecule has 0 aliphatic carbocycles. The third-order valence-corrected chi connectivity index (χ3v) is 18.1.